The average Bonchev–Trinajstić information content (AvgIpc) is 4.12. The van der Waals surface area contributed by atoms with Gasteiger partial charge in [-0.25, -0.2) is 19.6 Å². The van der Waals surface area contributed by atoms with E-state index in [1.807, 2.05) is 43.7 Å². The molecular formula is C49H60N8O6. The number of carbonyl (C=O) groups excluding carboxylic acids is 4. The third kappa shape index (κ3) is 8.90. The van der Waals surface area contributed by atoms with Gasteiger partial charge in [0.05, 0.1) is 49.2 Å². The number of aromatic amines is 2. The molecule has 5 aromatic rings. The Labute approximate surface area is 368 Å². The predicted octanol–water partition coefficient (Wildman–Crippen LogP) is 8.15. The molecule has 11 rings (SSSR count). The second-order valence-corrected chi connectivity index (χ2v) is 18.1. The first-order valence-corrected chi connectivity index (χ1v) is 22.4. The number of nitrogens with zero attached hydrogens (tertiary/aromatic N) is 4. The molecule has 2 fully saturated rings. The number of alkyl carbamates (subject to hydrolysis) is 2. The molecule has 4 amide bonds. The third-order valence-corrected chi connectivity index (χ3v) is 13.3. The first kappa shape index (κ1) is 43.5. The average molecular weight is 857 g/mol. The van der Waals surface area contributed by atoms with Crippen LogP contribution in [-0.4, -0.2) is 93.1 Å². The SMILES string of the molecule is COC(=O)N[C@H](C(=O)N1CCC[C@H]1c1ncc(-c2cc3ccc2C[C@@H](C)c2ccc(c(-c4ccc5nc([C@@H]6CCCN6C(=O)[C@@H](NC(=O)OC)C(C)C)[nH]c5c4)c2)CC3)[nH]1)C(C)C. The lowest BCUT2D eigenvalue weighted by Crippen LogP contribution is -2.51. The lowest BCUT2D eigenvalue weighted by Gasteiger charge is -2.30. The van der Waals surface area contributed by atoms with Crippen molar-refractivity contribution < 1.29 is 28.7 Å². The predicted molar refractivity (Wildman–Crippen MR) is 241 cm³/mol. The highest BCUT2D eigenvalue weighted by molar-refractivity contribution is 5.88. The van der Waals surface area contributed by atoms with Crippen molar-refractivity contribution in [2.75, 3.05) is 27.3 Å². The van der Waals surface area contributed by atoms with Crippen LogP contribution in [-0.2, 0) is 38.3 Å². The summed E-state index contributed by atoms with van der Waals surface area (Å²) in [5, 5.41) is 5.47. The quantitative estimate of drug-likeness (QED) is 0.109. The second kappa shape index (κ2) is 18.3. The number of aryl methyl sites for hydroxylation is 2. The number of ether oxygens (including phenoxy) is 2. The molecular weight excluding hydrogens is 797 g/mol. The van der Waals surface area contributed by atoms with Crippen LogP contribution in [0.15, 0.2) is 60.8 Å². The van der Waals surface area contributed by atoms with Gasteiger partial charge in [-0.2, -0.15) is 0 Å². The Balaban J connectivity index is 1.03. The number of imidazole rings is 2. The van der Waals surface area contributed by atoms with Crippen molar-refractivity contribution in [2.24, 2.45) is 11.8 Å². The molecule has 2 aliphatic heterocycles. The number of hydrogen-bond acceptors (Lipinski definition) is 8. The van der Waals surface area contributed by atoms with E-state index in [4.69, 9.17) is 19.4 Å². The molecule has 63 heavy (non-hydrogen) atoms. The molecule has 0 saturated carbocycles. The van der Waals surface area contributed by atoms with E-state index in [0.717, 1.165) is 84.4 Å². The van der Waals surface area contributed by atoms with E-state index in [9.17, 15) is 19.2 Å². The molecule has 2 saturated heterocycles. The van der Waals surface area contributed by atoms with Crippen LogP contribution in [0.4, 0.5) is 9.59 Å². The highest BCUT2D eigenvalue weighted by atomic mass is 16.5. The number of benzene rings is 3. The Bertz CT molecular complexity index is 2510. The van der Waals surface area contributed by atoms with Crippen LogP contribution in [0.25, 0.3) is 33.4 Å². The fourth-order valence-corrected chi connectivity index (χ4v) is 9.71. The van der Waals surface area contributed by atoms with E-state index in [0.29, 0.717) is 13.1 Å². The van der Waals surface area contributed by atoms with Gasteiger partial charge in [-0.1, -0.05) is 71.0 Å². The molecule has 0 radical (unpaired) electrons. The number of hydrogen-bond donors (Lipinski definition) is 4. The number of nitrogens with one attached hydrogen (secondary N) is 4. The Morgan fingerprint density at radius 3 is 2.00 bits per heavy atom. The zero-order valence-corrected chi connectivity index (χ0v) is 37.4. The number of H-pyrrole nitrogens is 2. The molecule has 2 aromatic heterocycles. The van der Waals surface area contributed by atoms with Crippen LogP contribution in [0.5, 0.6) is 0 Å². The van der Waals surface area contributed by atoms with Gasteiger partial charge >= 0.3 is 12.2 Å². The molecule has 14 heteroatoms. The number of likely N-dealkylation sites (tertiary alicyclic amines) is 2. The summed E-state index contributed by atoms with van der Waals surface area (Å²) in [5.74, 6) is 1.24. The molecule has 14 nitrogen and oxygen atoms in total. The zero-order valence-electron chi connectivity index (χ0n) is 37.4. The van der Waals surface area contributed by atoms with E-state index in [-0.39, 0.29) is 41.7 Å². The van der Waals surface area contributed by atoms with Crippen LogP contribution in [0.2, 0.25) is 0 Å². The molecule has 5 atom stereocenters. The monoisotopic (exact) mass is 856 g/mol. The summed E-state index contributed by atoms with van der Waals surface area (Å²) in [7, 11) is 2.61. The molecule has 4 N–H and O–H groups in total. The molecule has 0 unspecified atom stereocenters. The highest BCUT2D eigenvalue weighted by Crippen LogP contribution is 2.38. The van der Waals surface area contributed by atoms with Crippen LogP contribution < -0.4 is 10.6 Å². The van der Waals surface area contributed by atoms with Crippen molar-refractivity contribution in [1.29, 1.82) is 0 Å². The normalized spacial score (nSPS) is 19.6. The fourth-order valence-electron chi connectivity index (χ4n) is 9.71. The van der Waals surface area contributed by atoms with Crippen LogP contribution in [0.3, 0.4) is 0 Å². The third-order valence-electron chi connectivity index (χ3n) is 13.3. The van der Waals surface area contributed by atoms with Gasteiger partial charge in [-0.3, -0.25) is 9.59 Å². The number of fused-ring (bicyclic) bond motifs is 1. The van der Waals surface area contributed by atoms with Crippen molar-refractivity contribution in [2.45, 2.75) is 110 Å². The smallest absolute Gasteiger partial charge is 0.407 e. The molecule has 4 aliphatic carbocycles. The minimum atomic E-state index is -0.695. The number of aromatic nitrogens is 4. The first-order chi connectivity index (χ1) is 30.3. The summed E-state index contributed by atoms with van der Waals surface area (Å²) in [6.07, 6.45) is 6.44. The van der Waals surface area contributed by atoms with Crippen LogP contribution >= 0.6 is 0 Å². The van der Waals surface area contributed by atoms with Gasteiger partial charge in [0.25, 0.3) is 0 Å². The minimum absolute atomic E-state index is 0.110. The standard InChI is InChI=1S/C49H60N8O6/c1-27(2)42(54-48(60)62-6)46(58)56-20-8-10-40(56)44-50-26-39(53-44)36-23-30-12-14-31-16-17-32(29(5)22-33(36)15-13-30)24-35(31)34-18-19-37-38(25-34)52-45(51-37)41-11-9-21-57(41)47(59)43(28(3)4)55-49(61)63-7/h13,15-19,23-29,40-43H,8-12,14,20-22H2,1-7H3,(H,50,53)(H,51,52)(H,54,60)(H,55,61)/t29-,40+,41+,42+,43+/m1/s1. The highest BCUT2D eigenvalue weighted by Gasteiger charge is 2.39. The van der Waals surface area contributed by atoms with Gasteiger partial charge in [-0.15, -0.1) is 0 Å². The Morgan fingerprint density at radius 2 is 1.37 bits per heavy atom. The van der Waals surface area contributed by atoms with Crippen molar-refractivity contribution in [3.63, 3.8) is 0 Å². The summed E-state index contributed by atoms with van der Waals surface area (Å²) in [5.41, 5.74) is 11.1. The summed E-state index contributed by atoms with van der Waals surface area (Å²) in [6.45, 7) is 11.1. The summed E-state index contributed by atoms with van der Waals surface area (Å²) < 4.78 is 9.63. The Morgan fingerprint density at radius 1 is 0.730 bits per heavy atom. The molecule has 4 heterocycles. The topological polar surface area (TPSA) is 175 Å². The van der Waals surface area contributed by atoms with E-state index >= 15 is 0 Å². The maximum atomic E-state index is 13.8. The van der Waals surface area contributed by atoms with Crippen molar-refractivity contribution >= 4 is 35.0 Å². The Kier molecular flexibility index (Phi) is 12.6. The fraction of sp³-hybridized carbons (Fsp3) is 0.469. The number of carbonyl (C=O) groups is 4. The lowest BCUT2D eigenvalue weighted by atomic mass is 9.84. The molecule has 4 bridgehead atoms. The van der Waals surface area contributed by atoms with Gasteiger partial charge in [0.1, 0.15) is 23.7 Å². The zero-order chi connectivity index (χ0) is 44.5. The van der Waals surface area contributed by atoms with Crippen LogP contribution in [0, 0.1) is 11.8 Å². The molecule has 332 valence electrons. The maximum absolute atomic E-state index is 13.8. The Hall–Kier alpha value is -6.18. The lowest BCUT2D eigenvalue weighted by molar-refractivity contribution is -0.136. The first-order valence-electron chi connectivity index (χ1n) is 22.4. The van der Waals surface area contributed by atoms with Gasteiger partial charge in [-0.05, 0) is 114 Å². The summed E-state index contributed by atoms with van der Waals surface area (Å²) in [4.78, 5) is 72.6. The van der Waals surface area contributed by atoms with Crippen molar-refractivity contribution in [3.05, 3.63) is 94.7 Å². The van der Waals surface area contributed by atoms with Crippen LogP contribution in [0.1, 0.15) is 112 Å². The molecule has 3 aromatic carbocycles. The van der Waals surface area contributed by atoms with E-state index in [2.05, 4.69) is 82.1 Å². The number of rotatable bonds is 10. The van der Waals surface area contributed by atoms with E-state index in [1.54, 1.807) is 0 Å². The maximum Gasteiger partial charge on any atom is 0.407 e. The number of methoxy groups -OCH3 is 2. The van der Waals surface area contributed by atoms with Gasteiger partial charge in [0.2, 0.25) is 11.8 Å². The molecule has 0 spiro atoms. The summed E-state index contributed by atoms with van der Waals surface area (Å²) in [6, 6.07) is 18.3. The largest absolute Gasteiger partial charge is 0.453 e. The van der Waals surface area contributed by atoms with Crippen molar-refractivity contribution in [3.8, 4) is 22.4 Å². The molecule has 6 aliphatic rings. The minimum Gasteiger partial charge on any atom is -0.453 e. The van der Waals surface area contributed by atoms with E-state index < -0.39 is 24.3 Å². The second-order valence-electron chi connectivity index (χ2n) is 18.1. The van der Waals surface area contributed by atoms with Gasteiger partial charge < -0.3 is 39.9 Å². The van der Waals surface area contributed by atoms with Gasteiger partial charge in [0.15, 0.2) is 0 Å². The van der Waals surface area contributed by atoms with Gasteiger partial charge in [0, 0.05) is 18.7 Å². The van der Waals surface area contributed by atoms with E-state index in [1.165, 1.54) is 42.0 Å². The van der Waals surface area contributed by atoms with Crippen molar-refractivity contribution in [1.82, 2.24) is 40.4 Å². The number of amides is 4. The summed E-state index contributed by atoms with van der Waals surface area (Å²) >= 11 is 0.